The van der Waals surface area contributed by atoms with Crippen molar-refractivity contribution in [3.05, 3.63) is 59.9 Å². The number of rotatable bonds is 7. The van der Waals surface area contributed by atoms with E-state index in [4.69, 9.17) is 5.73 Å². The van der Waals surface area contributed by atoms with E-state index in [0.29, 0.717) is 17.8 Å². The molecular weight excluding hydrogens is 387 g/mol. The second kappa shape index (κ2) is 12.3. The van der Waals surface area contributed by atoms with Crippen molar-refractivity contribution in [2.75, 3.05) is 5.32 Å². The quantitative estimate of drug-likeness (QED) is 0.650. The second-order valence-corrected chi connectivity index (χ2v) is 6.02. The third-order valence-electron chi connectivity index (χ3n) is 4.18. The maximum absolute atomic E-state index is 12.2. The first-order chi connectivity index (χ1) is 12.0. The number of nitrogens with two attached hydrogens (primary N) is 1. The van der Waals surface area contributed by atoms with Crippen molar-refractivity contribution in [3.63, 3.8) is 0 Å². The third kappa shape index (κ3) is 7.54. The van der Waals surface area contributed by atoms with Crippen molar-refractivity contribution in [3.8, 4) is 0 Å². The number of benzene rings is 1. The zero-order valence-electron chi connectivity index (χ0n) is 15.3. The molecule has 0 saturated heterocycles. The number of hydrogen-bond acceptors (Lipinski definition) is 4. The molecule has 4 N–H and O–H groups in total. The van der Waals surface area contributed by atoms with Gasteiger partial charge in [-0.25, -0.2) is 0 Å². The van der Waals surface area contributed by atoms with Crippen LogP contribution in [0.4, 0.5) is 5.69 Å². The number of halogens is 2. The highest BCUT2D eigenvalue weighted by atomic mass is 35.5. The zero-order chi connectivity index (χ0) is 18.2. The van der Waals surface area contributed by atoms with Crippen LogP contribution in [0, 0.1) is 5.92 Å². The van der Waals surface area contributed by atoms with Crippen molar-refractivity contribution in [2.24, 2.45) is 11.7 Å². The lowest BCUT2D eigenvalue weighted by atomic mass is 9.99. The topological polar surface area (TPSA) is 97.1 Å². The smallest absolute Gasteiger partial charge is 0.255 e. The molecule has 2 amide bonds. The van der Waals surface area contributed by atoms with Gasteiger partial charge in [-0.3, -0.25) is 14.6 Å². The molecular formula is C19H26Cl2N4O2. The van der Waals surface area contributed by atoms with Gasteiger partial charge in [0.2, 0.25) is 5.91 Å². The van der Waals surface area contributed by atoms with Gasteiger partial charge >= 0.3 is 0 Å². The summed E-state index contributed by atoms with van der Waals surface area (Å²) in [6.45, 7) is 4.35. The summed E-state index contributed by atoms with van der Waals surface area (Å²) >= 11 is 0. The SMILES string of the molecule is CCC(C)C(N)C(=O)NCc1ccc(C(=O)Nc2ccncc2)cc1.Cl.Cl. The number of carbonyl (C=O) groups excluding carboxylic acids is 2. The van der Waals surface area contributed by atoms with Gasteiger partial charge in [0.15, 0.2) is 0 Å². The van der Waals surface area contributed by atoms with Crippen LogP contribution in [-0.2, 0) is 11.3 Å². The number of anilines is 1. The number of carbonyl (C=O) groups is 2. The van der Waals surface area contributed by atoms with Crippen LogP contribution in [0.5, 0.6) is 0 Å². The van der Waals surface area contributed by atoms with E-state index in [2.05, 4.69) is 15.6 Å². The Hall–Kier alpha value is -2.15. The molecule has 27 heavy (non-hydrogen) atoms. The highest BCUT2D eigenvalue weighted by molar-refractivity contribution is 6.04. The van der Waals surface area contributed by atoms with Crippen LogP contribution in [0.25, 0.3) is 0 Å². The molecule has 0 radical (unpaired) electrons. The second-order valence-electron chi connectivity index (χ2n) is 6.02. The number of amides is 2. The molecule has 148 valence electrons. The standard InChI is InChI=1S/C19H24N4O2.2ClH/c1-3-13(2)17(20)19(25)22-12-14-4-6-15(7-5-14)18(24)23-16-8-10-21-11-9-16;;/h4-11,13,17H,3,12,20H2,1-2H3,(H,22,25)(H,21,23,24);2*1H. The summed E-state index contributed by atoms with van der Waals surface area (Å²) in [4.78, 5) is 28.1. The monoisotopic (exact) mass is 412 g/mol. The molecule has 1 aromatic heterocycles. The largest absolute Gasteiger partial charge is 0.351 e. The number of pyridine rings is 1. The Bertz CT molecular complexity index is 711. The van der Waals surface area contributed by atoms with E-state index in [0.717, 1.165) is 12.0 Å². The third-order valence-corrected chi connectivity index (χ3v) is 4.18. The van der Waals surface area contributed by atoms with Crippen molar-refractivity contribution in [1.82, 2.24) is 10.3 Å². The van der Waals surface area contributed by atoms with Gasteiger partial charge in [0.1, 0.15) is 0 Å². The molecule has 0 aliphatic heterocycles. The van der Waals surface area contributed by atoms with E-state index in [-0.39, 0.29) is 42.5 Å². The molecule has 0 bridgehead atoms. The lowest BCUT2D eigenvalue weighted by Crippen LogP contribution is -2.44. The fourth-order valence-corrected chi connectivity index (χ4v) is 2.23. The summed E-state index contributed by atoms with van der Waals surface area (Å²) in [5, 5.41) is 5.63. The van der Waals surface area contributed by atoms with Gasteiger partial charge in [0.05, 0.1) is 6.04 Å². The Kier molecular flexibility index (Phi) is 11.3. The molecule has 1 aromatic carbocycles. The van der Waals surface area contributed by atoms with Gasteiger partial charge in [0.25, 0.3) is 5.91 Å². The molecule has 1 heterocycles. The first-order valence-electron chi connectivity index (χ1n) is 8.35. The summed E-state index contributed by atoms with van der Waals surface area (Å²) in [6.07, 6.45) is 4.09. The minimum Gasteiger partial charge on any atom is -0.351 e. The Balaban J connectivity index is 0.00000338. The van der Waals surface area contributed by atoms with E-state index in [1.807, 2.05) is 26.0 Å². The van der Waals surface area contributed by atoms with Crippen LogP contribution in [0.15, 0.2) is 48.8 Å². The predicted molar refractivity (Wildman–Crippen MR) is 112 cm³/mol. The van der Waals surface area contributed by atoms with Crippen molar-refractivity contribution in [2.45, 2.75) is 32.9 Å². The van der Waals surface area contributed by atoms with Gasteiger partial charge in [0, 0.05) is 30.2 Å². The summed E-state index contributed by atoms with van der Waals surface area (Å²) in [5.41, 5.74) is 8.05. The molecule has 2 rings (SSSR count). The minimum absolute atomic E-state index is 0. The number of aromatic nitrogens is 1. The van der Waals surface area contributed by atoms with Gasteiger partial charge in [-0.2, -0.15) is 0 Å². The zero-order valence-corrected chi connectivity index (χ0v) is 17.0. The van der Waals surface area contributed by atoms with Gasteiger partial charge in [-0.05, 0) is 35.7 Å². The molecule has 0 aliphatic rings. The molecule has 2 aromatic rings. The lowest BCUT2D eigenvalue weighted by Gasteiger charge is -2.17. The van der Waals surface area contributed by atoms with Gasteiger partial charge < -0.3 is 16.4 Å². The van der Waals surface area contributed by atoms with E-state index < -0.39 is 6.04 Å². The summed E-state index contributed by atoms with van der Waals surface area (Å²) in [6, 6.07) is 10.0. The lowest BCUT2D eigenvalue weighted by molar-refractivity contribution is -0.123. The fraction of sp³-hybridized carbons (Fsp3) is 0.316. The van der Waals surface area contributed by atoms with E-state index in [9.17, 15) is 9.59 Å². The number of nitrogens with zero attached hydrogens (tertiary/aromatic N) is 1. The molecule has 0 aliphatic carbocycles. The Labute approximate surface area is 172 Å². The van der Waals surface area contributed by atoms with Gasteiger partial charge in [-0.15, -0.1) is 24.8 Å². The molecule has 0 fully saturated rings. The molecule has 8 heteroatoms. The Morgan fingerprint density at radius 1 is 1.07 bits per heavy atom. The summed E-state index contributed by atoms with van der Waals surface area (Å²) < 4.78 is 0. The normalized spacial score (nSPS) is 12.0. The minimum atomic E-state index is -0.504. The Morgan fingerprint density at radius 2 is 1.67 bits per heavy atom. The molecule has 2 unspecified atom stereocenters. The molecule has 2 atom stereocenters. The Morgan fingerprint density at radius 3 is 2.22 bits per heavy atom. The highest BCUT2D eigenvalue weighted by Crippen LogP contribution is 2.10. The number of nitrogens with one attached hydrogen (secondary N) is 2. The van der Waals surface area contributed by atoms with Crippen molar-refractivity contribution < 1.29 is 9.59 Å². The maximum atomic E-state index is 12.2. The van der Waals surface area contributed by atoms with E-state index >= 15 is 0 Å². The summed E-state index contributed by atoms with van der Waals surface area (Å²) in [7, 11) is 0. The van der Waals surface area contributed by atoms with Crippen LogP contribution in [0.3, 0.4) is 0 Å². The van der Waals surface area contributed by atoms with Crippen LogP contribution in [0.2, 0.25) is 0 Å². The molecule has 0 spiro atoms. The first-order valence-corrected chi connectivity index (χ1v) is 8.35. The highest BCUT2D eigenvalue weighted by Gasteiger charge is 2.18. The predicted octanol–water partition coefficient (Wildman–Crippen LogP) is 3.17. The van der Waals surface area contributed by atoms with Crippen molar-refractivity contribution >= 4 is 42.3 Å². The van der Waals surface area contributed by atoms with Crippen molar-refractivity contribution in [1.29, 1.82) is 0 Å². The summed E-state index contributed by atoms with van der Waals surface area (Å²) in [5.74, 6) is -0.214. The molecule has 6 nitrogen and oxygen atoms in total. The van der Waals surface area contributed by atoms with Crippen LogP contribution in [-0.4, -0.2) is 22.8 Å². The van der Waals surface area contributed by atoms with E-state index in [1.165, 1.54) is 0 Å². The van der Waals surface area contributed by atoms with Crippen LogP contribution >= 0.6 is 24.8 Å². The maximum Gasteiger partial charge on any atom is 0.255 e. The van der Waals surface area contributed by atoms with E-state index in [1.54, 1.807) is 36.7 Å². The molecule has 0 saturated carbocycles. The first kappa shape index (κ1) is 24.8. The average molecular weight is 413 g/mol. The van der Waals surface area contributed by atoms with Crippen LogP contribution in [0.1, 0.15) is 36.2 Å². The van der Waals surface area contributed by atoms with Crippen LogP contribution < -0.4 is 16.4 Å². The fourth-order valence-electron chi connectivity index (χ4n) is 2.23. The average Bonchev–Trinajstić information content (AvgIpc) is 2.66. The number of hydrogen-bond donors (Lipinski definition) is 3. The van der Waals surface area contributed by atoms with Gasteiger partial charge in [-0.1, -0.05) is 32.4 Å².